The maximum atomic E-state index is 11.2. The van der Waals surface area contributed by atoms with Crippen molar-refractivity contribution < 1.29 is 0 Å². The lowest BCUT2D eigenvalue weighted by atomic mass is 10.3. The first-order valence-corrected chi connectivity index (χ1v) is 4.96. The largest absolute Gasteiger partial charge is 0.366 e. The zero-order chi connectivity index (χ0) is 11.4. The second kappa shape index (κ2) is 4.93. The van der Waals surface area contributed by atoms with E-state index >= 15 is 0 Å². The third-order valence-electron chi connectivity index (χ3n) is 1.89. The molecule has 0 aliphatic rings. The van der Waals surface area contributed by atoms with Crippen LogP contribution in [0, 0.1) is 6.92 Å². The number of nitrogens with zero attached hydrogens (tertiary/aromatic N) is 2. The highest BCUT2D eigenvalue weighted by Crippen LogP contribution is 2.01. The Kier molecular flexibility index (Phi) is 3.85. The summed E-state index contributed by atoms with van der Waals surface area (Å²) in [4.78, 5) is 20.1. The molecule has 0 amide bonds. The summed E-state index contributed by atoms with van der Waals surface area (Å²) < 4.78 is 0. The van der Waals surface area contributed by atoms with Crippen LogP contribution in [-0.4, -0.2) is 41.5 Å². The molecule has 0 aromatic carbocycles. The molecule has 1 unspecified atom stereocenters. The number of nitrogens with one attached hydrogen (secondary N) is 2. The minimum atomic E-state index is -0.123. The summed E-state index contributed by atoms with van der Waals surface area (Å²) in [6.45, 7) is 4.72. The van der Waals surface area contributed by atoms with Crippen LogP contribution in [-0.2, 0) is 0 Å². The number of likely N-dealkylation sites (N-methyl/N-ethyl adjacent to an activating group) is 1. The van der Waals surface area contributed by atoms with Gasteiger partial charge in [0, 0.05) is 18.7 Å². The van der Waals surface area contributed by atoms with Crippen molar-refractivity contribution >= 4 is 5.82 Å². The topological polar surface area (TPSA) is 61.0 Å². The second-order valence-corrected chi connectivity index (χ2v) is 4.02. The van der Waals surface area contributed by atoms with Crippen molar-refractivity contribution in [2.75, 3.05) is 26.0 Å². The van der Waals surface area contributed by atoms with Gasteiger partial charge in [-0.2, -0.15) is 0 Å². The van der Waals surface area contributed by atoms with Gasteiger partial charge in [0.05, 0.1) is 0 Å². The van der Waals surface area contributed by atoms with Crippen molar-refractivity contribution in [1.82, 2.24) is 14.9 Å². The van der Waals surface area contributed by atoms with Crippen LogP contribution in [0.15, 0.2) is 10.9 Å². The van der Waals surface area contributed by atoms with Crippen molar-refractivity contribution in [2.45, 2.75) is 19.9 Å². The van der Waals surface area contributed by atoms with Crippen LogP contribution in [0.2, 0.25) is 0 Å². The quantitative estimate of drug-likeness (QED) is 0.757. The number of hydrogen-bond acceptors (Lipinski definition) is 4. The van der Waals surface area contributed by atoms with Gasteiger partial charge in [-0.15, -0.1) is 0 Å². The van der Waals surface area contributed by atoms with E-state index in [1.165, 1.54) is 6.07 Å². The fourth-order valence-electron chi connectivity index (χ4n) is 1.50. The average molecular weight is 210 g/mol. The van der Waals surface area contributed by atoms with E-state index in [9.17, 15) is 4.79 Å². The molecule has 1 aromatic rings. The fourth-order valence-corrected chi connectivity index (χ4v) is 1.50. The second-order valence-electron chi connectivity index (χ2n) is 4.02. The van der Waals surface area contributed by atoms with Gasteiger partial charge in [0.25, 0.3) is 5.56 Å². The molecule has 84 valence electrons. The van der Waals surface area contributed by atoms with Gasteiger partial charge >= 0.3 is 0 Å². The first-order chi connectivity index (χ1) is 6.97. The molecule has 5 nitrogen and oxygen atoms in total. The molecule has 1 heterocycles. The lowest BCUT2D eigenvalue weighted by Crippen LogP contribution is -2.30. The van der Waals surface area contributed by atoms with E-state index in [0.717, 1.165) is 6.54 Å². The van der Waals surface area contributed by atoms with Crippen molar-refractivity contribution in [2.24, 2.45) is 0 Å². The van der Waals surface area contributed by atoms with E-state index in [-0.39, 0.29) is 11.6 Å². The van der Waals surface area contributed by atoms with Gasteiger partial charge in [-0.1, -0.05) is 0 Å². The number of anilines is 1. The van der Waals surface area contributed by atoms with Gasteiger partial charge in [0.2, 0.25) is 0 Å². The minimum Gasteiger partial charge on any atom is -0.366 e. The molecule has 1 rings (SSSR count). The standard InChI is InChI=1S/C10H18N4O/c1-7(6-14(3)4)11-9-5-10(15)13-8(2)12-9/h5,7H,6H2,1-4H3,(H2,11,12,13,15). The molecule has 15 heavy (non-hydrogen) atoms. The Morgan fingerprint density at radius 3 is 2.80 bits per heavy atom. The van der Waals surface area contributed by atoms with Crippen molar-refractivity contribution in [3.63, 3.8) is 0 Å². The molecule has 0 bridgehead atoms. The van der Waals surface area contributed by atoms with Crippen LogP contribution in [0.3, 0.4) is 0 Å². The maximum absolute atomic E-state index is 11.2. The van der Waals surface area contributed by atoms with Gasteiger partial charge in [-0.3, -0.25) is 4.79 Å². The van der Waals surface area contributed by atoms with Crippen LogP contribution >= 0.6 is 0 Å². The van der Waals surface area contributed by atoms with Crippen LogP contribution in [0.5, 0.6) is 0 Å². The monoisotopic (exact) mass is 210 g/mol. The molecule has 1 atom stereocenters. The average Bonchev–Trinajstić information content (AvgIpc) is 1.98. The van der Waals surface area contributed by atoms with Gasteiger partial charge in [0.15, 0.2) is 0 Å². The van der Waals surface area contributed by atoms with E-state index in [4.69, 9.17) is 0 Å². The third kappa shape index (κ3) is 4.12. The van der Waals surface area contributed by atoms with Crippen molar-refractivity contribution in [3.8, 4) is 0 Å². The maximum Gasteiger partial charge on any atom is 0.252 e. The summed E-state index contributed by atoms with van der Waals surface area (Å²) in [6, 6.07) is 1.73. The summed E-state index contributed by atoms with van der Waals surface area (Å²) in [7, 11) is 4.02. The zero-order valence-electron chi connectivity index (χ0n) is 9.66. The Morgan fingerprint density at radius 1 is 1.60 bits per heavy atom. The Labute approximate surface area is 89.5 Å². The highest BCUT2D eigenvalue weighted by Gasteiger charge is 2.04. The number of aromatic amines is 1. The van der Waals surface area contributed by atoms with Gasteiger partial charge < -0.3 is 15.2 Å². The number of H-pyrrole nitrogens is 1. The molecular formula is C10H18N4O. The first kappa shape index (κ1) is 11.7. The smallest absolute Gasteiger partial charge is 0.252 e. The normalized spacial score (nSPS) is 12.9. The Hall–Kier alpha value is -1.36. The molecule has 0 fully saturated rings. The fraction of sp³-hybridized carbons (Fsp3) is 0.600. The summed E-state index contributed by atoms with van der Waals surface area (Å²) in [6.07, 6.45) is 0. The molecular weight excluding hydrogens is 192 g/mol. The van der Waals surface area contributed by atoms with Crippen LogP contribution < -0.4 is 10.9 Å². The Bertz CT molecular complexity index is 372. The predicted molar refractivity (Wildman–Crippen MR) is 61.2 cm³/mol. The zero-order valence-corrected chi connectivity index (χ0v) is 9.66. The van der Waals surface area contributed by atoms with Crippen LogP contribution in [0.4, 0.5) is 5.82 Å². The number of aryl methyl sites for hydroxylation is 1. The summed E-state index contributed by atoms with van der Waals surface area (Å²) in [5, 5.41) is 3.18. The van der Waals surface area contributed by atoms with E-state index in [1.807, 2.05) is 14.1 Å². The lowest BCUT2D eigenvalue weighted by molar-refractivity contribution is 0.392. The Morgan fingerprint density at radius 2 is 2.27 bits per heavy atom. The molecule has 2 N–H and O–H groups in total. The highest BCUT2D eigenvalue weighted by atomic mass is 16.1. The van der Waals surface area contributed by atoms with E-state index in [1.54, 1.807) is 6.92 Å². The molecule has 0 radical (unpaired) electrons. The molecule has 0 aliphatic carbocycles. The first-order valence-electron chi connectivity index (χ1n) is 4.96. The molecule has 5 heteroatoms. The van der Waals surface area contributed by atoms with E-state index in [2.05, 4.69) is 27.1 Å². The van der Waals surface area contributed by atoms with Crippen molar-refractivity contribution in [3.05, 3.63) is 22.2 Å². The van der Waals surface area contributed by atoms with E-state index in [0.29, 0.717) is 11.6 Å². The number of rotatable bonds is 4. The number of hydrogen-bond donors (Lipinski definition) is 2. The Balaban J connectivity index is 2.68. The van der Waals surface area contributed by atoms with Crippen LogP contribution in [0.1, 0.15) is 12.7 Å². The summed E-state index contributed by atoms with van der Waals surface area (Å²) >= 11 is 0. The molecule has 0 aliphatic heterocycles. The molecule has 1 aromatic heterocycles. The highest BCUT2D eigenvalue weighted by molar-refractivity contribution is 5.33. The molecule has 0 saturated carbocycles. The van der Waals surface area contributed by atoms with Crippen molar-refractivity contribution in [1.29, 1.82) is 0 Å². The van der Waals surface area contributed by atoms with Gasteiger partial charge in [-0.25, -0.2) is 4.98 Å². The van der Waals surface area contributed by atoms with Gasteiger partial charge in [0.1, 0.15) is 11.6 Å². The number of aromatic nitrogens is 2. The summed E-state index contributed by atoms with van der Waals surface area (Å²) in [5.41, 5.74) is -0.123. The molecule has 0 spiro atoms. The summed E-state index contributed by atoms with van der Waals surface area (Å²) in [5.74, 6) is 1.26. The lowest BCUT2D eigenvalue weighted by Gasteiger charge is -2.18. The predicted octanol–water partition coefficient (Wildman–Crippen LogP) is 0.440. The van der Waals surface area contributed by atoms with Gasteiger partial charge in [-0.05, 0) is 27.9 Å². The third-order valence-corrected chi connectivity index (χ3v) is 1.89. The SMILES string of the molecule is Cc1nc(NC(C)CN(C)C)cc(=O)[nH]1. The minimum absolute atomic E-state index is 0.123. The van der Waals surface area contributed by atoms with E-state index < -0.39 is 0 Å². The van der Waals surface area contributed by atoms with Crippen LogP contribution in [0.25, 0.3) is 0 Å². The molecule has 0 saturated heterocycles.